The van der Waals surface area contributed by atoms with Gasteiger partial charge < -0.3 is 19.5 Å². The zero-order valence-electron chi connectivity index (χ0n) is 9.86. The highest BCUT2D eigenvalue weighted by Crippen LogP contribution is 2.26. The van der Waals surface area contributed by atoms with E-state index in [1.165, 1.54) is 0 Å². The number of carbonyl (C=O) groups is 1. The highest BCUT2D eigenvalue weighted by atomic mass is 16.8. The van der Waals surface area contributed by atoms with Crippen molar-refractivity contribution in [3.8, 4) is 0 Å². The Bertz CT molecular complexity index is 166. The normalized spacial score (nSPS) is 29.2. The molecule has 1 heterocycles. The van der Waals surface area contributed by atoms with Gasteiger partial charge in [-0.2, -0.15) is 0 Å². The van der Waals surface area contributed by atoms with Crippen LogP contribution in [0.2, 0.25) is 0 Å². The molecule has 3 unspecified atom stereocenters. The van der Waals surface area contributed by atoms with E-state index in [9.17, 15) is 4.79 Å². The van der Waals surface area contributed by atoms with Crippen LogP contribution in [-0.4, -0.2) is 39.8 Å². The van der Waals surface area contributed by atoms with Gasteiger partial charge in [-0.25, -0.2) is 0 Å². The molecule has 1 aliphatic rings. The molecule has 0 aliphatic carbocycles. The van der Waals surface area contributed by atoms with Gasteiger partial charge in [0.25, 0.3) is 0 Å². The van der Waals surface area contributed by atoms with Crippen LogP contribution in [0.4, 0.5) is 0 Å². The summed E-state index contributed by atoms with van der Waals surface area (Å²) in [7, 11) is 3.17. The van der Waals surface area contributed by atoms with Gasteiger partial charge in [-0.05, 0) is 0 Å². The molecule has 1 amide bonds. The van der Waals surface area contributed by atoms with Crippen LogP contribution < -0.4 is 5.32 Å². The Morgan fingerprint density at radius 1 is 1.40 bits per heavy atom. The highest BCUT2D eigenvalue weighted by molar-refractivity contribution is 5.45. The molecular formula is C10H21NO4. The van der Waals surface area contributed by atoms with E-state index < -0.39 is 0 Å². The Hall–Kier alpha value is -0.650. The van der Waals surface area contributed by atoms with Crippen molar-refractivity contribution in [3.63, 3.8) is 0 Å². The van der Waals surface area contributed by atoms with E-state index in [1.807, 2.05) is 13.8 Å². The quantitative estimate of drug-likeness (QED) is 0.693. The molecule has 1 rings (SSSR count). The topological polar surface area (TPSA) is 56.8 Å². The Balaban J connectivity index is 0.000000921. The van der Waals surface area contributed by atoms with Crippen LogP contribution in [0, 0.1) is 5.92 Å². The fraction of sp³-hybridized carbons (Fsp3) is 0.900. The largest absolute Gasteiger partial charge is 0.358 e. The number of ether oxygens (including phenoxy) is 3. The smallest absolute Gasteiger partial charge is 0.207 e. The van der Waals surface area contributed by atoms with Crippen LogP contribution in [0.3, 0.4) is 0 Å². The maximum Gasteiger partial charge on any atom is 0.207 e. The SMILES string of the molecule is CC.COC1CC(CNC=O)C(OC)O1. The molecule has 1 aliphatic heterocycles. The lowest BCUT2D eigenvalue weighted by molar-refractivity contribution is -0.192. The van der Waals surface area contributed by atoms with Crippen molar-refractivity contribution in [1.82, 2.24) is 5.32 Å². The summed E-state index contributed by atoms with van der Waals surface area (Å²) in [6.45, 7) is 4.56. The minimum Gasteiger partial charge on any atom is -0.358 e. The summed E-state index contributed by atoms with van der Waals surface area (Å²) < 4.78 is 15.5. The van der Waals surface area contributed by atoms with Crippen LogP contribution in [-0.2, 0) is 19.0 Å². The molecule has 0 saturated carbocycles. The number of nitrogens with one attached hydrogen (secondary N) is 1. The summed E-state index contributed by atoms with van der Waals surface area (Å²) in [6.07, 6.45) is 0.920. The number of hydrogen-bond acceptors (Lipinski definition) is 4. The molecule has 0 spiro atoms. The van der Waals surface area contributed by atoms with Crippen LogP contribution >= 0.6 is 0 Å². The molecular weight excluding hydrogens is 198 g/mol. The first-order valence-electron chi connectivity index (χ1n) is 5.20. The predicted molar refractivity (Wildman–Crippen MR) is 56.2 cm³/mol. The molecule has 5 nitrogen and oxygen atoms in total. The van der Waals surface area contributed by atoms with Crippen molar-refractivity contribution in [2.75, 3.05) is 20.8 Å². The average Bonchev–Trinajstić information content (AvgIpc) is 2.71. The molecule has 15 heavy (non-hydrogen) atoms. The summed E-state index contributed by atoms with van der Waals surface area (Å²) in [5, 5.41) is 2.60. The highest BCUT2D eigenvalue weighted by Gasteiger charge is 2.34. The van der Waals surface area contributed by atoms with E-state index in [4.69, 9.17) is 14.2 Å². The molecule has 0 radical (unpaired) electrons. The van der Waals surface area contributed by atoms with E-state index in [2.05, 4.69) is 5.32 Å². The van der Waals surface area contributed by atoms with E-state index >= 15 is 0 Å². The summed E-state index contributed by atoms with van der Waals surface area (Å²) in [4.78, 5) is 10.1. The summed E-state index contributed by atoms with van der Waals surface area (Å²) in [6, 6.07) is 0. The fourth-order valence-electron chi connectivity index (χ4n) is 1.45. The molecule has 1 N–H and O–H groups in total. The number of hydrogen-bond donors (Lipinski definition) is 1. The maximum absolute atomic E-state index is 10.1. The van der Waals surface area contributed by atoms with E-state index in [1.54, 1.807) is 14.2 Å². The average molecular weight is 219 g/mol. The second-order valence-electron chi connectivity index (χ2n) is 2.93. The first-order chi connectivity index (χ1) is 7.31. The van der Waals surface area contributed by atoms with Gasteiger partial charge in [0.05, 0.1) is 0 Å². The number of methoxy groups -OCH3 is 2. The monoisotopic (exact) mass is 219 g/mol. The van der Waals surface area contributed by atoms with Gasteiger partial charge in [0.15, 0.2) is 12.6 Å². The Morgan fingerprint density at radius 3 is 2.53 bits per heavy atom. The third kappa shape index (κ3) is 4.59. The summed E-state index contributed by atoms with van der Waals surface area (Å²) in [5.41, 5.74) is 0. The van der Waals surface area contributed by atoms with Crippen molar-refractivity contribution in [1.29, 1.82) is 0 Å². The van der Waals surface area contributed by atoms with E-state index in [-0.39, 0.29) is 18.5 Å². The van der Waals surface area contributed by atoms with Crippen LogP contribution in [0.5, 0.6) is 0 Å². The molecule has 0 bridgehead atoms. The third-order valence-corrected chi connectivity index (χ3v) is 2.12. The molecule has 3 atom stereocenters. The first kappa shape index (κ1) is 14.3. The molecule has 90 valence electrons. The summed E-state index contributed by atoms with van der Waals surface area (Å²) >= 11 is 0. The number of carbonyl (C=O) groups excluding carboxylic acids is 1. The van der Waals surface area contributed by atoms with Crippen LogP contribution in [0.25, 0.3) is 0 Å². The molecule has 1 fully saturated rings. The molecule has 0 aromatic heterocycles. The van der Waals surface area contributed by atoms with Crippen molar-refractivity contribution >= 4 is 6.41 Å². The van der Waals surface area contributed by atoms with Crippen LogP contribution in [0.1, 0.15) is 20.3 Å². The van der Waals surface area contributed by atoms with Crippen molar-refractivity contribution < 1.29 is 19.0 Å². The van der Waals surface area contributed by atoms with E-state index in [0.29, 0.717) is 13.0 Å². The molecule has 0 aromatic rings. The summed E-state index contributed by atoms with van der Waals surface area (Å²) in [5.74, 6) is 0.167. The zero-order chi connectivity index (χ0) is 11.7. The van der Waals surface area contributed by atoms with E-state index in [0.717, 1.165) is 6.42 Å². The lowest BCUT2D eigenvalue weighted by atomic mass is 10.1. The maximum atomic E-state index is 10.1. The van der Waals surface area contributed by atoms with Gasteiger partial charge in [-0.1, -0.05) is 13.8 Å². The second kappa shape index (κ2) is 8.64. The van der Waals surface area contributed by atoms with Gasteiger partial charge in [-0.3, -0.25) is 4.79 Å². The molecule has 5 heteroatoms. The predicted octanol–water partition coefficient (Wildman–Crippen LogP) is 0.740. The van der Waals surface area contributed by atoms with Gasteiger partial charge in [0.2, 0.25) is 6.41 Å². The molecule has 1 saturated heterocycles. The Kier molecular flexibility index (Phi) is 8.27. The van der Waals surface area contributed by atoms with Crippen molar-refractivity contribution in [2.24, 2.45) is 5.92 Å². The fourth-order valence-corrected chi connectivity index (χ4v) is 1.45. The zero-order valence-corrected chi connectivity index (χ0v) is 9.86. The third-order valence-electron chi connectivity index (χ3n) is 2.12. The second-order valence-corrected chi connectivity index (χ2v) is 2.93. The van der Waals surface area contributed by atoms with Gasteiger partial charge >= 0.3 is 0 Å². The van der Waals surface area contributed by atoms with Gasteiger partial charge in [0.1, 0.15) is 0 Å². The van der Waals surface area contributed by atoms with Gasteiger partial charge in [0, 0.05) is 33.1 Å². The standard InChI is InChI=1S/C8H15NO4.C2H6/c1-11-7-3-6(4-9-5-10)8(12-2)13-7;1-2/h5-8H,3-4H2,1-2H3,(H,9,10);1-2H3. The van der Waals surface area contributed by atoms with Gasteiger partial charge in [-0.15, -0.1) is 0 Å². The molecule has 0 aromatic carbocycles. The lowest BCUT2D eigenvalue weighted by Gasteiger charge is -2.15. The van der Waals surface area contributed by atoms with Crippen LogP contribution in [0.15, 0.2) is 0 Å². The Morgan fingerprint density at radius 2 is 2.07 bits per heavy atom. The first-order valence-corrected chi connectivity index (χ1v) is 5.20. The number of amides is 1. The lowest BCUT2D eigenvalue weighted by Crippen LogP contribution is -2.28. The number of rotatable bonds is 5. The van der Waals surface area contributed by atoms with Crippen molar-refractivity contribution in [3.05, 3.63) is 0 Å². The Labute approximate surface area is 91.1 Å². The minimum atomic E-state index is -0.280. The van der Waals surface area contributed by atoms with Crippen molar-refractivity contribution in [2.45, 2.75) is 32.8 Å². The minimum absolute atomic E-state index is 0.167.